The molecule has 340 valence electrons. The highest BCUT2D eigenvalue weighted by Crippen LogP contribution is 2.44. The summed E-state index contributed by atoms with van der Waals surface area (Å²) >= 11 is 6.35. The Morgan fingerprint density at radius 3 is 2.10 bits per heavy atom. The molecule has 15 heteroatoms. The van der Waals surface area contributed by atoms with Crippen molar-refractivity contribution in [3.8, 4) is 11.1 Å². The SMILES string of the molecule is CCCC[C@H](NC(=O)OCC1c2ccccc2-c2ccccc21)C(=O)N(C)[C@@H](Cc1cccc(Cl)c1)C(=O)N[C@@H](COCCC(C)C)C(=O)N[C@@H](CC(=O)O)C(=O)N1CCCCC1. The van der Waals surface area contributed by atoms with Crippen molar-refractivity contribution in [3.05, 3.63) is 94.5 Å². The van der Waals surface area contributed by atoms with Gasteiger partial charge in [-0.15, -0.1) is 0 Å². The molecule has 0 aromatic heterocycles. The van der Waals surface area contributed by atoms with Gasteiger partial charge in [0.1, 0.15) is 30.8 Å². The number of benzene rings is 3. The zero-order chi connectivity index (χ0) is 45.5. The molecule has 1 fully saturated rings. The molecule has 4 N–H and O–H groups in total. The molecule has 2 aliphatic rings. The van der Waals surface area contributed by atoms with Crippen LogP contribution in [0.3, 0.4) is 0 Å². The van der Waals surface area contributed by atoms with Crippen LogP contribution >= 0.6 is 11.6 Å². The minimum atomic E-state index is -1.38. The van der Waals surface area contributed by atoms with Crippen molar-refractivity contribution in [2.24, 2.45) is 5.92 Å². The zero-order valence-corrected chi connectivity index (χ0v) is 37.5. The number of hydrogen-bond acceptors (Lipinski definition) is 8. The summed E-state index contributed by atoms with van der Waals surface area (Å²) in [6, 6.07) is 17.8. The molecular weight excluding hydrogens is 826 g/mol. The first kappa shape index (κ1) is 48.6. The molecule has 14 nitrogen and oxygen atoms in total. The fourth-order valence-electron chi connectivity index (χ4n) is 8.09. The van der Waals surface area contributed by atoms with Crippen LogP contribution in [-0.2, 0) is 39.9 Å². The van der Waals surface area contributed by atoms with Crippen LogP contribution in [0.5, 0.6) is 0 Å². The Morgan fingerprint density at radius 1 is 0.825 bits per heavy atom. The van der Waals surface area contributed by atoms with E-state index in [-0.39, 0.29) is 38.6 Å². The van der Waals surface area contributed by atoms with E-state index in [4.69, 9.17) is 21.1 Å². The molecule has 1 aliphatic heterocycles. The summed E-state index contributed by atoms with van der Waals surface area (Å²) in [5.41, 5.74) is 4.87. The van der Waals surface area contributed by atoms with Crippen LogP contribution in [0, 0.1) is 5.92 Å². The van der Waals surface area contributed by atoms with Gasteiger partial charge < -0.3 is 40.3 Å². The first-order valence-corrected chi connectivity index (χ1v) is 22.5. The number of amides is 5. The molecule has 0 spiro atoms. The van der Waals surface area contributed by atoms with Crippen molar-refractivity contribution in [2.45, 2.75) is 109 Å². The summed E-state index contributed by atoms with van der Waals surface area (Å²) in [6.45, 7) is 6.92. The number of halogens is 1. The van der Waals surface area contributed by atoms with Gasteiger partial charge in [0.05, 0.1) is 13.0 Å². The number of carboxylic acid groups (broad SMARTS) is 1. The minimum absolute atomic E-state index is 0.0162. The van der Waals surface area contributed by atoms with Gasteiger partial charge in [-0.25, -0.2) is 4.79 Å². The number of carbonyl (C=O) groups excluding carboxylic acids is 5. The predicted octanol–water partition coefficient (Wildman–Crippen LogP) is 6.33. The summed E-state index contributed by atoms with van der Waals surface area (Å²) in [5, 5.41) is 18.2. The highest BCUT2D eigenvalue weighted by atomic mass is 35.5. The lowest BCUT2D eigenvalue weighted by molar-refractivity contribution is -0.145. The molecular formula is C48H62ClN5O9. The fourth-order valence-corrected chi connectivity index (χ4v) is 8.31. The average molecular weight is 889 g/mol. The molecule has 0 saturated carbocycles. The van der Waals surface area contributed by atoms with Crippen molar-refractivity contribution in [2.75, 3.05) is 40.0 Å². The van der Waals surface area contributed by atoms with Crippen LogP contribution in [0.1, 0.15) is 94.7 Å². The standard InChI is InChI=1S/C48H62ClN5O9/c1-5-6-21-39(52-48(61)63-29-38-36-19-10-8-17-34(36)35-18-9-11-20-37(35)38)46(59)53(4)42(27-32-15-14-16-33(49)26-32)45(58)51-41(30-62-25-22-31(2)3)44(57)50-40(28-43(55)56)47(60)54-23-12-7-13-24-54/h8-11,14-20,26,31,38-42H,5-7,12-13,21-25,27-30H2,1-4H3,(H,50,57)(H,51,58)(H,52,61)(H,55,56)/t39-,40-,41-,42-/m0/s1. The number of likely N-dealkylation sites (tertiary alicyclic amines) is 1. The number of alkyl carbamates (subject to hydrolysis) is 1. The number of aliphatic carboxylic acids is 1. The Morgan fingerprint density at radius 2 is 1.48 bits per heavy atom. The third kappa shape index (κ3) is 13.8. The highest BCUT2D eigenvalue weighted by Gasteiger charge is 2.37. The summed E-state index contributed by atoms with van der Waals surface area (Å²) in [4.78, 5) is 84.8. The van der Waals surface area contributed by atoms with Gasteiger partial charge in [0.15, 0.2) is 0 Å². The van der Waals surface area contributed by atoms with Crippen molar-refractivity contribution in [3.63, 3.8) is 0 Å². The van der Waals surface area contributed by atoms with Gasteiger partial charge in [0, 0.05) is 44.1 Å². The van der Waals surface area contributed by atoms with Crippen LogP contribution in [0.25, 0.3) is 11.1 Å². The summed E-state index contributed by atoms with van der Waals surface area (Å²) < 4.78 is 11.7. The lowest BCUT2D eigenvalue weighted by Crippen LogP contribution is -2.60. The zero-order valence-electron chi connectivity index (χ0n) is 36.8. The molecule has 63 heavy (non-hydrogen) atoms. The number of carboxylic acids is 1. The number of piperidine rings is 1. The maximum Gasteiger partial charge on any atom is 0.407 e. The maximum atomic E-state index is 14.5. The molecule has 3 aromatic carbocycles. The molecule has 4 atom stereocenters. The van der Waals surface area contributed by atoms with E-state index < -0.39 is 66.3 Å². The molecule has 1 heterocycles. The average Bonchev–Trinajstić information content (AvgIpc) is 3.59. The van der Waals surface area contributed by atoms with Gasteiger partial charge in [-0.05, 0) is 78.0 Å². The largest absolute Gasteiger partial charge is 0.481 e. The fraction of sp³-hybridized carbons (Fsp3) is 0.500. The second-order valence-electron chi connectivity index (χ2n) is 16.8. The van der Waals surface area contributed by atoms with Gasteiger partial charge in [0.2, 0.25) is 23.6 Å². The van der Waals surface area contributed by atoms with E-state index >= 15 is 0 Å². The van der Waals surface area contributed by atoms with Crippen molar-refractivity contribution in [1.82, 2.24) is 25.8 Å². The van der Waals surface area contributed by atoms with Crippen molar-refractivity contribution in [1.29, 1.82) is 0 Å². The molecule has 1 aliphatic carbocycles. The first-order valence-electron chi connectivity index (χ1n) is 22.1. The number of likely N-dealkylation sites (N-methyl/N-ethyl adjacent to an activating group) is 1. The Labute approximate surface area is 375 Å². The maximum absolute atomic E-state index is 14.5. The number of unbranched alkanes of at least 4 members (excludes halogenated alkanes) is 1. The van der Waals surface area contributed by atoms with Crippen LogP contribution in [0.2, 0.25) is 5.02 Å². The number of fused-ring (bicyclic) bond motifs is 3. The number of nitrogens with zero attached hydrogens (tertiary/aromatic N) is 2. The lowest BCUT2D eigenvalue weighted by Gasteiger charge is -2.33. The Bertz CT molecular complexity index is 2010. The molecule has 0 bridgehead atoms. The second-order valence-corrected chi connectivity index (χ2v) is 17.3. The van der Waals surface area contributed by atoms with Crippen LogP contribution in [0.15, 0.2) is 72.8 Å². The van der Waals surface area contributed by atoms with Gasteiger partial charge in [-0.3, -0.25) is 24.0 Å². The number of hydrogen-bond donors (Lipinski definition) is 4. The third-order valence-corrected chi connectivity index (χ3v) is 11.9. The molecule has 1 saturated heterocycles. The third-order valence-electron chi connectivity index (χ3n) is 11.6. The number of rotatable bonds is 22. The Balaban J connectivity index is 1.35. The summed E-state index contributed by atoms with van der Waals surface area (Å²) in [7, 11) is 1.46. The monoisotopic (exact) mass is 887 g/mol. The van der Waals surface area contributed by atoms with Crippen LogP contribution in [-0.4, -0.2) is 115 Å². The Hall–Kier alpha value is -5.47. The van der Waals surface area contributed by atoms with Crippen LogP contribution < -0.4 is 16.0 Å². The lowest BCUT2D eigenvalue weighted by atomic mass is 9.98. The van der Waals surface area contributed by atoms with E-state index in [9.17, 15) is 33.9 Å². The van der Waals surface area contributed by atoms with E-state index in [1.54, 1.807) is 29.2 Å². The Kier molecular flexibility index (Phi) is 18.4. The number of nitrogens with one attached hydrogen (secondary N) is 3. The highest BCUT2D eigenvalue weighted by molar-refractivity contribution is 6.30. The van der Waals surface area contributed by atoms with Gasteiger partial charge in [-0.2, -0.15) is 0 Å². The van der Waals surface area contributed by atoms with Gasteiger partial charge >= 0.3 is 12.1 Å². The van der Waals surface area contributed by atoms with E-state index in [2.05, 4.69) is 16.0 Å². The van der Waals surface area contributed by atoms with E-state index in [0.29, 0.717) is 42.4 Å². The number of ether oxygens (including phenoxy) is 2. The van der Waals surface area contributed by atoms with Crippen LogP contribution in [0.4, 0.5) is 4.79 Å². The quantitative estimate of drug-likeness (QED) is 0.0839. The number of carbonyl (C=O) groups is 6. The topological polar surface area (TPSA) is 184 Å². The van der Waals surface area contributed by atoms with E-state index in [0.717, 1.165) is 47.9 Å². The minimum Gasteiger partial charge on any atom is -0.481 e. The summed E-state index contributed by atoms with van der Waals surface area (Å²) in [6.07, 6.45) is 3.28. The predicted molar refractivity (Wildman–Crippen MR) is 240 cm³/mol. The second kappa shape index (κ2) is 23.8. The molecule has 3 aromatic rings. The molecule has 0 unspecified atom stereocenters. The van der Waals surface area contributed by atoms with Crippen molar-refractivity contribution < 1.29 is 43.3 Å². The molecule has 5 amide bonds. The summed E-state index contributed by atoms with van der Waals surface area (Å²) in [5.74, 6) is -3.76. The van der Waals surface area contributed by atoms with E-state index in [1.807, 2.05) is 69.3 Å². The van der Waals surface area contributed by atoms with Gasteiger partial charge in [0.25, 0.3) is 0 Å². The van der Waals surface area contributed by atoms with E-state index in [1.165, 1.54) is 11.9 Å². The van der Waals surface area contributed by atoms with Gasteiger partial charge in [-0.1, -0.05) is 106 Å². The molecule has 0 radical (unpaired) electrons. The van der Waals surface area contributed by atoms with Crippen molar-refractivity contribution >= 4 is 47.3 Å². The normalized spacial score (nSPS) is 15.3. The smallest absolute Gasteiger partial charge is 0.407 e. The molecule has 5 rings (SSSR count). The first-order chi connectivity index (χ1) is 30.3.